The summed E-state index contributed by atoms with van der Waals surface area (Å²) in [6.45, 7) is -0.119. The van der Waals surface area contributed by atoms with E-state index < -0.39 is 24.2 Å². The van der Waals surface area contributed by atoms with Crippen molar-refractivity contribution in [3.05, 3.63) is 0 Å². The van der Waals surface area contributed by atoms with Gasteiger partial charge in [-0.25, -0.2) is 0 Å². The molecule has 0 saturated carbocycles. The van der Waals surface area contributed by atoms with E-state index in [4.69, 9.17) is 5.73 Å². The summed E-state index contributed by atoms with van der Waals surface area (Å²) in [6.07, 6.45) is -3.65. The van der Waals surface area contributed by atoms with Crippen LogP contribution in [0.5, 0.6) is 0 Å². The Kier molecular flexibility index (Phi) is 4.76. The van der Waals surface area contributed by atoms with Crippen molar-refractivity contribution in [1.82, 2.24) is 4.90 Å². The summed E-state index contributed by atoms with van der Waals surface area (Å²) >= 11 is 0. The van der Waals surface area contributed by atoms with Crippen LogP contribution in [0.2, 0.25) is 0 Å². The Hall–Kier alpha value is -0.820. The molecule has 1 heterocycles. The molecule has 2 unspecified atom stereocenters. The summed E-state index contributed by atoms with van der Waals surface area (Å²) in [6, 6.07) is -0.823. The number of nitrogens with zero attached hydrogens (tertiary/aromatic N) is 1. The minimum absolute atomic E-state index is 0.0278. The molecular formula is C10H17F3N2O2. The molecule has 7 heteroatoms. The average molecular weight is 254 g/mol. The molecule has 0 aromatic rings. The van der Waals surface area contributed by atoms with Crippen LogP contribution in [0.3, 0.4) is 0 Å². The second-order valence-electron chi connectivity index (χ2n) is 4.22. The van der Waals surface area contributed by atoms with Crippen molar-refractivity contribution in [3.8, 4) is 0 Å². The van der Waals surface area contributed by atoms with E-state index in [1.165, 1.54) is 0 Å². The number of carbonyl (C=O) groups is 1. The highest BCUT2D eigenvalue weighted by Gasteiger charge is 2.45. The first-order valence-electron chi connectivity index (χ1n) is 5.64. The molecule has 0 radical (unpaired) electrons. The van der Waals surface area contributed by atoms with Crippen molar-refractivity contribution >= 4 is 5.91 Å². The number of hydrogen-bond acceptors (Lipinski definition) is 3. The van der Waals surface area contributed by atoms with Gasteiger partial charge >= 0.3 is 12.1 Å². The SMILES string of the molecule is NCC(O)C1CCCCCN1C(=O)C(F)(F)F. The molecule has 17 heavy (non-hydrogen) atoms. The number of aliphatic hydroxyl groups excluding tert-OH is 1. The van der Waals surface area contributed by atoms with E-state index in [-0.39, 0.29) is 13.1 Å². The standard InChI is InChI=1S/C10H17F3N2O2/c11-10(12,13)9(17)15-5-3-1-2-4-7(15)8(16)6-14/h7-8,16H,1-6,14H2. The van der Waals surface area contributed by atoms with Crippen molar-refractivity contribution < 1.29 is 23.1 Å². The monoisotopic (exact) mass is 254 g/mol. The molecule has 0 aliphatic carbocycles. The van der Waals surface area contributed by atoms with Gasteiger partial charge in [0.15, 0.2) is 0 Å². The summed E-state index contributed by atoms with van der Waals surface area (Å²) in [5.74, 6) is -1.88. The smallest absolute Gasteiger partial charge is 0.390 e. The third-order valence-corrected chi connectivity index (χ3v) is 2.99. The maximum Gasteiger partial charge on any atom is 0.471 e. The highest BCUT2D eigenvalue weighted by atomic mass is 19.4. The molecule has 1 aliphatic rings. The topological polar surface area (TPSA) is 66.6 Å². The van der Waals surface area contributed by atoms with E-state index in [1.54, 1.807) is 0 Å². The molecule has 2 atom stereocenters. The van der Waals surface area contributed by atoms with Gasteiger partial charge in [0.05, 0.1) is 12.1 Å². The van der Waals surface area contributed by atoms with E-state index in [1.807, 2.05) is 0 Å². The Balaban J connectivity index is 2.85. The molecular weight excluding hydrogens is 237 g/mol. The fraction of sp³-hybridized carbons (Fsp3) is 0.900. The predicted octanol–water partition coefficient (Wildman–Crippen LogP) is 0.639. The fourth-order valence-electron chi connectivity index (χ4n) is 2.11. The zero-order valence-corrected chi connectivity index (χ0v) is 9.41. The minimum Gasteiger partial charge on any atom is -0.390 e. The molecule has 4 nitrogen and oxygen atoms in total. The van der Waals surface area contributed by atoms with Gasteiger partial charge in [-0.15, -0.1) is 0 Å². The molecule has 0 bridgehead atoms. The van der Waals surface area contributed by atoms with Crippen molar-refractivity contribution in [2.75, 3.05) is 13.1 Å². The third-order valence-electron chi connectivity index (χ3n) is 2.99. The maximum absolute atomic E-state index is 12.4. The lowest BCUT2D eigenvalue weighted by atomic mass is 10.0. The van der Waals surface area contributed by atoms with Crippen LogP contribution in [0, 0.1) is 0 Å². The van der Waals surface area contributed by atoms with E-state index in [9.17, 15) is 23.1 Å². The van der Waals surface area contributed by atoms with Gasteiger partial charge in [0.2, 0.25) is 0 Å². The highest BCUT2D eigenvalue weighted by Crippen LogP contribution is 2.25. The third kappa shape index (κ3) is 3.57. The number of rotatable bonds is 2. The molecule has 1 aliphatic heterocycles. The Bertz CT molecular complexity index is 271. The zero-order chi connectivity index (χ0) is 13.1. The molecule has 1 rings (SSSR count). The molecule has 3 N–H and O–H groups in total. The van der Waals surface area contributed by atoms with E-state index in [2.05, 4.69) is 0 Å². The van der Waals surface area contributed by atoms with Gasteiger partial charge in [0, 0.05) is 13.1 Å². The first-order valence-corrected chi connectivity index (χ1v) is 5.64. The van der Waals surface area contributed by atoms with Gasteiger partial charge in [0.25, 0.3) is 0 Å². The van der Waals surface area contributed by atoms with Crippen LogP contribution in [0.15, 0.2) is 0 Å². The molecule has 0 spiro atoms. The van der Waals surface area contributed by atoms with Gasteiger partial charge in [-0.3, -0.25) is 4.79 Å². The number of aliphatic hydroxyl groups is 1. The van der Waals surface area contributed by atoms with Gasteiger partial charge in [-0.05, 0) is 12.8 Å². The normalized spacial score (nSPS) is 24.3. The van der Waals surface area contributed by atoms with Crippen molar-refractivity contribution in [2.45, 2.75) is 44.0 Å². The summed E-state index contributed by atoms with van der Waals surface area (Å²) in [7, 11) is 0. The average Bonchev–Trinajstić information content (AvgIpc) is 2.50. The van der Waals surface area contributed by atoms with Gasteiger partial charge in [-0.2, -0.15) is 13.2 Å². The molecule has 100 valence electrons. The van der Waals surface area contributed by atoms with Crippen LogP contribution >= 0.6 is 0 Å². The second-order valence-corrected chi connectivity index (χ2v) is 4.22. The minimum atomic E-state index is -4.89. The highest BCUT2D eigenvalue weighted by molar-refractivity contribution is 5.82. The quantitative estimate of drug-likeness (QED) is 0.760. The number of carbonyl (C=O) groups excluding carboxylic acids is 1. The number of alkyl halides is 3. The van der Waals surface area contributed by atoms with Crippen LogP contribution in [-0.4, -0.2) is 47.3 Å². The van der Waals surface area contributed by atoms with Crippen LogP contribution in [0.25, 0.3) is 0 Å². The Labute approximate surface area is 97.6 Å². The van der Waals surface area contributed by atoms with Gasteiger partial charge < -0.3 is 15.7 Å². The van der Waals surface area contributed by atoms with Crippen LogP contribution in [0.1, 0.15) is 25.7 Å². The molecule has 0 aromatic heterocycles. The van der Waals surface area contributed by atoms with Crippen LogP contribution in [0.4, 0.5) is 13.2 Å². The number of amides is 1. The number of hydrogen-bond donors (Lipinski definition) is 2. The lowest BCUT2D eigenvalue weighted by Gasteiger charge is -2.33. The Morgan fingerprint density at radius 1 is 1.41 bits per heavy atom. The summed E-state index contributed by atoms with van der Waals surface area (Å²) < 4.78 is 37.2. The number of likely N-dealkylation sites (tertiary alicyclic amines) is 1. The van der Waals surface area contributed by atoms with E-state index in [0.29, 0.717) is 19.3 Å². The zero-order valence-electron chi connectivity index (χ0n) is 9.41. The van der Waals surface area contributed by atoms with Gasteiger partial charge in [-0.1, -0.05) is 12.8 Å². The lowest BCUT2D eigenvalue weighted by Crippen LogP contribution is -2.53. The fourth-order valence-corrected chi connectivity index (χ4v) is 2.11. The van der Waals surface area contributed by atoms with Crippen molar-refractivity contribution in [1.29, 1.82) is 0 Å². The number of halogens is 3. The van der Waals surface area contributed by atoms with Gasteiger partial charge in [0.1, 0.15) is 0 Å². The number of nitrogens with two attached hydrogens (primary N) is 1. The van der Waals surface area contributed by atoms with E-state index in [0.717, 1.165) is 11.3 Å². The molecule has 0 aromatic carbocycles. The Morgan fingerprint density at radius 2 is 2.06 bits per heavy atom. The molecule has 1 fully saturated rings. The predicted molar refractivity (Wildman–Crippen MR) is 55.1 cm³/mol. The first kappa shape index (κ1) is 14.2. The Morgan fingerprint density at radius 3 is 2.59 bits per heavy atom. The second kappa shape index (κ2) is 5.68. The van der Waals surface area contributed by atoms with Crippen LogP contribution in [-0.2, 0) is 4.79 Å². The molecule has 1 amide bonds. The maximum atomic E-state index is 12.4. The summed E-state index contributed by atoms with van der Waals surface area (Å²) in [5.41, 5.74) is 5.26. The van der Waals surface area contributed by atoms with E-state index >= 15 is 0 Å². The summed E-state index contributed by atoms with van der Waals surface area (Å²) in [5, 5.41) is 9.61. The van der Waals surface area contributed by atoms with Crippen LogP contribution < -0.4 is 5.73 Å². The lowest BCUT2D eigenvalue weighted by molar-refractivity contribution is -0.189. The van der Waals surface area contributed by atoms with Crippen molar-refractivity contribution in [3.63, 3.8) is 0 Å². The largest absolute Gasteiger partial charge is 0.471 e. The van der Waals surface area contributed by atoms with Crippen molar-refractivity contribution in [2.24, 2.45) is 5.73 Å². The molecule has 1 saturated heterocycles. The summed E-state index contributed by atoms with van der Waals surface area (Å²) in [4.78, 5) is 12.0. The first-order chi connectivity index (χ1) is 7.88.